The second-order valence-electron chi connectivity index (χ2n) is 10.3. The molecule has 1 saturated carbocycles. The van der Waals surface area contributed by atoms with Gasteiger partial charge in [-0.15, -0.1) is 0 Å². The van der Waals surface area contributed by atoms with E-state index in [9.17, 15) is 9.18 Å². The van der Waals surface area contributed by atoms with Gasteiger partial charge in [0.2, 0.25) is 0 Å². The van der Waals surface area contributed by atoms with Crippen LogP contribution in [0.5, 0.6) is 0 Å². The van der Waals surface area contributed by atoms with Gasteiger partial charge in [-0.2, -0.15) is 15.3 Å². The Bertz CT molecular complexity index is 1670. The summed E-state index contributed by atoms with van der Waals surface area (Å²) in [4.78, 5) is 27.4. The zero-order valence-corrected chi connectivity index (χ0v) is 22.8. The lowest BCUT2D eigenvalue weighted by molar-refractivity contribution is -0.148. The van der Waals surface area contributed by atoms with Gasteiger partial charge in [0.25, 0.3) is 5.91 Å². The average Bonchev–Trinajstić information content (AvgIpc) is 3.74. The summed E-state index contributed by atoms with van der Waals surface area (Å²) in [5.74, 6) is 1.87. The molecule has 14 heteroatoms. The summed E-state index contributed by atoms with van der Waals surface area (Å²) < 4.78 is 20.5. The summed E-state index contributed by atoms with van der Waals surface area (Å²) >= 11 is 0. The average molecular weight is 560 g/mol. The molecule has 5 aromatic heterocycles. The molecule has 1 aliphatic carbocycles. The molecule has 0 radical (unpaired) electrons. The minimum Gasteiger partial charge on any atom is -0.368 e. The molecule has 1 atom stereocenters. The molecule has 4 N–H and O–H groups in total. The van der Waals surface area contributed by atoms with E-state index in [0.717, 1.165) is 22.8 Å². The fourth-order valence-electron chi connectivity index (χ4n) is 5.23. The van der Waals surface area contributed by atoms with E-state index < -0.39 is 11.4 Å². The molecule has 0 bridgehead atoms. The van der Waals surface area contributed by atoms with Crippen LogP contribution in [0.2, 0.25) is 0 Å². The second kappa shape index (κ2) is 10.7. The Morgan fingerprint density at radius 3 is 2.68 bits per heavy atom. The van der Waals surface area contributed by atoms with Crippen molar-refractivity contribution in [1.82, 2.24) is 50.4 Å². The predicted molar refractivity (Wildman–Crippen MR) is 147 cm³/mol. The van der Waals surface area contributed by atoms with E-state index in [1.165, 1.54) is 10.9 Å². The molecule has 1 amide bonds. The first kappa shape index (κ1) is 26.5. The zero-order valence-electron chi connectivity index (χ0n) is 22.8. The number of carbonyl (C=O) groups is 1. The topological polar surface area (TPSA) is 164 Å². The van der Waals surface area contributed by atoms with Gasteiger partial charge >= 0.3 is 0 Å². The number of methoxy groups -OCH3 is 1. The Morgan fingerprint density at radius 1 is 1.20 bits per heavy atom. The number of aryl methyl sites for hydroxylation is 1. The largest absolute Gasteiger partial charge is 0.368 e. The summed E-state index contributed by atoms with van der Waals surface area (Å²) in [5, 5.41) is 25.3. The zero-order chi connectivity index (χ0) is 28.6. The number of rotatable bonds is 8. The van der Waals surface area contributed by atoms with E-state index in [-0.39, 0.29) is 17.9 Å². The second-order valence-corrected chi connectivity index (χ2v) is 10.3. The minimum absolute atomic E-state index is 0.0431. The number of aromatic nitrogens is 9. The van der Waals surface area contributed by atoms with Crippen molar-refractivity contribution in [1.29, 1.82) is 0 Å². The highest BCUT2D eigenvalue weighted by molar-refractivity contribution is 5.88. The monoisotopic (exact) mass is 559 g/mol. The van der Waals surface area contributed by atoms with Crippen LogP contribution in [0.15, 0.2) is 43.0 Å². The van der Waals surface area contributed by atoms with Gasteiger partial charge in [0, 0.05) is 31.0 Å². The predicted octanol–water partition coefficient (Wildman–Crippen LogP) is 3.77. The Balaban J connectivity index is 1.13. The quantitative estimate of drug-likeness (QED) is 0.221. The Kier molecular flexibility index (Phi) is 6.91. The number of anilines is 2. The van der Waals surface area contributed by atoms with Gasteiger partial charge in [-0.25, -0.2) is 24.0 Å². The van der Waals surface area contributed by atoms with E-state index in [4.69, 9.17) is 14.7 Å². The van der Waals surface area contributed by atoms with Gasteiger partial charge in [-0.1, -0.05) is 6.07 Å². The van der Waals surface area contributed by atoms with Crippen molar-refractivity contribution in [2.45, 2.75) is 57.1 Å². The lowest BCUT2D eigenvalue weighted by Crippen LogP contribution is -2.50. The van der Waals surface area contributed by atoms with Crippen molar-refractivity contribution >= 4 is 28.6 Å². The number of aromatic amines is 2. The number of pyridine rings is 1. The molecule has 0 saturated heterocycles. The van der Waals surface area contributed by atoms with Crippen LogP contribution in [0.3, 0.4) is 0 Å². The highest BCUT2D eigenvalue weighted by atomic mass is 19.1. The van der Waals surface area contributed by atoms with Crippen LogP contribution in [0, 0.1) is 12.7 Å². The van der Waals surface area contributed by atoms with Crippen LogP contribution in [0.4, 0.5) is 16.0 Å². The van der Waals surface area contributed by atoms with Crippen LogP contribution >= 0.6 is 0 Å². The molecule has 1 fully saturated rings. The molecular weight excluding hydrogens is 529 g/mol. The van der Waals surface area contributed by atoms with E-state index in [1.807, 2.05) is 26.0 Å². The maximum Gasteiger partial charge on any atom is 0.252 e. The number of hydrogen-bond donors (Lipinski definition) is 4. The van der Waals surface area contributed by atoms with Crippen LogP contribution in [0.25, 0.3) is 16.9 Å². The maximum absolute atomic E-state index is 13.5. The molecule has 1 aliphatic rings. The highest BCUT2D eigenvalue weighted by Crippen LogP contribution is 2.40. The van der Waals surface area contributed by atoms with Crippen molar-refractivity contribution in [2.75, 3.05) is 12.4 Å². The molecular formula is C27H30FN11O2. The number of carbonyl (C=O) groups excluding carboxylic acids is 1. The molecule has 0 unspecified atom stereocenters. The Morgan fingerprint density at radius 2 is 2.02 bits per heavy atom. The van der Waals surface area contributed by atoms with Gasteiger partial charge in [-0.3, -0.25) is 15.0 Å². The van der Waals surface area contributed by atoms with E-state index >= 15 is 0 Å². The van der Waals surface area contributed by atoms with Gasteiger partial charge in [-0.05, 0) is 51.2 Å². The van der Waals surface area contributed by atoms with Crippen LogP contribution < -0.4 is 10.6 Å². The lowest BCUT2D eigenvalue weighted by atomic mass is 9.77. The molecule has 41 heavy (non-hydrogen) atoms. The number of ether oxygens (including phenoxy) is 1. The summed E-state index contributed by atoms with van der Waals surface area (Å²) in [5.41, 5.74) is 1.41. The SMILES string of the molecule is CO[C@]1(C(=O)N[C@@H](C)c2ccc(-n3cc(F)cn3)nc2)CC[C@@H](c2nc(Nc3cc(C)[nH]n3)c3cn[nH]c3n2)CC1. The third-order valence-electron chi connectivity index (χ3n) is 7.65. The molecule has 0 aromatic carbocycles. The number of H-pyrrole nitrogens is 2. The Labute approximate surface area is 234 Å². The Hall–Kier alpha value is -4.72. The van der Waals surface area contributed by atoms with Crippen molar-refractivity contribution in [3.63, 3.8) is 0 Å². The first-order valence-corrected chi connectivity index (χ1v) is 13.4. The first-order valence-electron chi connectivity index (χ1n) is 13.4. The van der Waals surface area contributed by atoms with Gasteiger partial charge in [0.1, 0.15) is 17.2 Å². The van der Waals surface area contributed by atoms with Gasteiger partial charge < -0.3 is 15.4 Å². The highest BCUT2D eigenvalue weighted by Gasteiger charge is 2.43. The molecule has 5 heterocycles. The number of fused-ring (bicyclic) bond motifs is 1. The molecule has 0 spiro atoms. The van der Waals surface area contributed by atoms with E-state index in [0.29, 0.717) is 54.6 Å². The first-order chi connectivity index (χ1) is 19.8. The molecule has 212 valence electrons. The number of nitrogens with zero attached hydrogens (tertiary/aromatic N) is 7. The maximum atomic E-state index is 13.5. The van der Waals surface area contributed by atoms with Crippen molar-refractivity contribution in [2.24, 2.45) is 0 Å². The molecule has 5 aromatic rings. The van der Waals surface area contributed by atoms with Crippen LogP contribution in [-0.4, -0.2) is 63.7 Å². The third kappa shape index (κ3) is 5.25. The summed E-state index contributed by atoms with van der Waals surface area (Å²) in [6.45, 7) is 3.82. The third-order valence-corrected chi connectivity index (χ3v) is 7.65. The van der Waals surface area contributed by atoms with Crippen molar-refractivity contribution < 1.29 is 13.9 Å². The van der Waals surface area contributed by atoms with E-state index in [1.54, 1.807) is 25.6 Å². The van der Waals surface area contributed by atoms with Gasteiger partial charge in [0.05, 0.1) is 30.0 Å². The molecule has 6 rings (SSSR count). The lowest BCUT2D eigenvalue weighted by Gasteiger charge is -2.38. The summed E-state index contributed by atoms with van der Waals surface area (Å²) in [7, 11) is 1.57. The van der Waals surface area contributed by atoms with Crippen LogP contribution in [-0.2, 0) is 9.53 Å². The molecule has 13 nitrogen and oxygen atoms in total. The number of halogens is 1. The smallest absolute Gasteiger partial charge is 0.252 e. The van der Waals surface area contributed by atoms with E-state index in [2.05, 4.69) is 41.1 Å². The molecule has 0 aliphatic heterocycles. The number of nitrogens with one attached hydrogen (secondary N) is 4. The summed E-state index contributed by atoms with van der Waals surface area (Å²) in [6, 6.07) is 5.15. The number of amides is 1. The fourth-order valence-corrected chi connectivity index (χ4v) is 5.23. The van der Waals surface area contributed by atoms with Crippen molar-refractivity contribution in [3.8, 4) is 5.82 Å². The van der Waals surface area contributed by atoms with Gasteiger partial charge in [0.15, 0.2) is 23.1 Å². The fraction of sp³-hybridized carbons (Fsp3) is 0.370. The standard InChI is InChI=1S/C27H30FN11O2/c1-15-10-21(37-36-15)33-24-20-13-30-38-25(20)35-23(34-24)17-6-8-27(41-3,9-7-17)26(40)32-16(2)18-4-5-22(29-11-18)39-14-19(28)12-31-39/h4-5,10-14,16-17H,6-9H2,1-3H3,(H,32,40)(H3,30,33,34,35,36,37,38)/t16-,17-,27-/m0/s1. The summed E-state index contributed by atoms with van der Waals surface area (Å²) in [6.07, 6.45) is 8.08. The van der Waals surface area contributed by atoms with Crippen molar-refractivity contribution in [3.05, 3.63) is 65.9 Å². The number of hydrogen-bond acceptors (Lipinski definition) is 9. The minimum atomic E-state index is -0.962. The van der Waals surface area contributed by atoms with Crippen LogP contribution in [0.1, 0.15) is 61.6 Å². The normalized spacial score (nSPS) is 19.8.